The summed E-state index contributed by atoms with van der Waals surface area (Å²) in [4.78, 5) is 0. The van der Waals surface area contributed by atoms with Gasteiger partial charge in [-0.05, 0) is 37.0 Å². The highest BCUT2D eigenvalue weighted by Gasteiger charge is 2.28. The summed E-state index contributed by atoms with van der Waals surface area (Å²) in [6.07, 6.45) is 6.35. The van der Waals surface area contributed by atoms with Crippen LogP contribution in [0.1, 0.15) is 44.6 Å². The maximum Gasteiger partial charge on any atom is 0.119 e. The molecule has 0 saturated heterocycles. The van der Waals surface area contributed by atoms with Crippen LogP contribution in [-0.4, -0.2) is 25.9 Å². The van der Waals surface area contributed by atoms with E-state index < -0.39 is 0 Å². The van der Waals surface area contributed by atoms with Crippen molar-refractivity contribution in [2.75, 3.05) is 13.7 Å². The largest absolute Gasteiger partial charge is 0.494 e. The number of methoxy groups -OCH3 is 1. The molecule has 1 aliphatic carbocycles. The second-order valence-electron chi connectivity index (χ2n) is 5.61. The van der Waals surface area contributed by atoms with Crippen molar-refractivity contribution in [2.24, 2.45) is 0 Å². The van der Waals surface area contributed by atoms with Crippen molar-refractivity contribution in [2.45, 2.75) is 57.7 Å². The molecule has 0 radical (unpaired) electrons. The molecule has 1 N–H and O–H groups in total. The molecule has 1 aliphatic rings. The molecule has 20 heavy (non-hydrogen) atoms. The van der Waals surface area contributed by atoms with Crippen LogP contribution in [0.15, 0.2) is 24.3 Å². The van der Waals surface area contributed by atoms with Crippen molar-refractivity contribution < 1.29 is 9.47 Å². The van der Waals surface area contributed by atoms with Crippen LogP contribution in [0.3, 0.4) is 0 Å². The lowest BCUT2D eigenvalue weighted by atomic mass is 9.89. The van der Waals surface area contributed by atoms with Crippen LogP contribution in [0.2, 0.25) is 0 Å². The maximum absolute atomic E-state index is 5.71. The standard InChI is InChI=1S/C17H27NO2/c1-3-4-5-10-20-16-8-6-14(7-9-16)13-18-15-11-17(12-15)19-2/h6-9,15,17-18H,3-5,10-13H2,1-2H3. The number of ether oxygens (including phenoxy) is 2. The first-order valence-electron chi connectivity index (χ1n) is 7.79. The topological polar surface area (TPSA) is 30.5 Å². The minimum atomic E-state index is 0.464. The predicted molar refractivity (Wildman–Crippen MR) is 82.1 cm³/mol. The van der Waals surface area contributed by atoms with Gasteiger partial charge in [0.2, 0.25) is 0 Å². The molecule has 112 valence electrons. The van der Waals surface area contributed by atoms with E-state index in [2.05, 4.69) is 36.5 Å². The van der Waals surface area contributed by atoms with E-state index in [0.29, 0.717) is 12.1 Å². The lowest BCUT2D eigenvalue weighted by Gasteiger charge is -2.34. The normalized spacial score (nSPS) is 21.5. The molecule has 3 nitrogen and oxygen atoms in total. The van der Waals surface area contributed by atoms with E-state index in [4.69, 9.17) is 9.47 Å². The van der Waals surface area contributed by atoms with E-state index in [1.54, 1.807) is 7.11 Å². The third-order valence-electron chi connectivity index (χ3n) is 3.96. The summed E-state index contributed by atoms with van der Waals surface area (Å²) in [5.41, 5.74) is 1.31. The lowest BCUT2D eigenvalue weighted by Crippen LogP contribution is -2.44. The molecule has 0 atom stereocenters. The minimum absolute atomic E-state index is 0.464. The zero-order valence-corrected chi connectivity index (χ0v) is 12.7. The quantitative estimate of drug-likeness (QED) is 0.701. The molecule has 0 bridgehead atoms. The van der Waals surface area contributed by atoms with Gasteiger partial charge in [-0.2, -0.15) is 0 Å². The monoisotopic (exact) mass is 277 g/mol. The second-order valence-corrected chi connectivity index (χ2v) is 5.61. The Bertz CT molecular complexity index is 371. The summed E-state index contributed by atoms with van der Waals surface area (Å²) in [7, 11) is 1.79. The Morgan fingerprint density at radius 3 is 2.55 bits per heavy atom. The summed E-state index contributed by atoms with van der Waals surface area (Å²) in [5.74, 6) is 0.980. The van der Waals surface area contributed by atoms with Gasteiger partial charge >= 0.3 is 0 Å². The molecule has 0 unspecified atom stereocenters. The smallest absolute Gasteiger partial charge is 0.119 e. The van der Waals surface area contributed by atoms with Crippen molar-refractivity contribution in [3.05, 3.63) is 29.8 Å². The fraction of sp³-hybridized carbons (Fsp3) is 0.647. The summed E-state index contributed by atoms with van der Waals surface area (Å²) in [6, 6.07) is 9.05. The van der Waals surface area contributed by atoms with Gasteiger partial charge in [0.1, 0.15) is 5.75 Å². The van der Waals surface area contributed by atoms with Crippen LogP contribution in [0, 0.1) is 0 Å². The molecule has 2 rings (SSSR count). The SMILES string of the molecule is CCCCCOc1ccc(CNC2CC(OC)C2)cc1. The second kappa shape index (κ2) is 8.28. The van der Waals surface area contributed by atoms with Gasteiger partial charge in [0, 0.05) is 19.7 Å². The van der Waals surface area contributed by atoms with Gasteiger partial charge in [0.25, 0.3) is 0 Å². The van der Waals surface area contributed by atoms with E-state index in [0.717, 1.165) is 38.2 Å². The molecule has 1 fully saturated rings. The predicted octanol–water partition coefficient (Wildman–Crippen LogP) is 3.52. The van der Waals surface area contributed by atoms with Crippen LogP contribution in [0.5, 0.6) is 5.75 Å². The Hall–Kier alpha value is -1.06. The molecule has 1 aromatic carbocycles. The third-order valence-corrected chi connectivity index (χ3v) is 3.96. The first-order valence-corrected chi connectivity index (χ1v) is 7.79. The van der Waals surface area contributed by atoms with Crippen molar-refractivity contribution in [1.29, 1.82) is 0 Å². The average Bonchev–Trinajstić information content (AvgIpc) is 2.44. The number of hydrogen-bond donors (Lipinski definition) is 1. The zero-order chi connectivity index (χ0) is 14.2. The van der Waals surface area contributed by atoms with Gasteiger partial charge in [-0.25, -0.2) is 0 Å². The first kappa shape index (κ1) is 15.3. The van der Waals surface area contributed by atoms with E-state index in [1.165, 1.54) is 18.4 Å². The molecule has 0 spiro atoms. The Kier molecular flexibility index (Phi) is 6.34. The number of benzene rings is 1. The van der Waals surface area contributed by atoms with Gasteiger partial charge in [0.15, 0.2) is 0 Å². The Labute approximate surface area is 122 Å². The number of unbranched alkanes of at least 4 members (excludes halogenated alkanes) is 2. The third kappa shape index (κ3) is 4.80. The Balaban J connectivity index is 1.64. The van der Waals surface area contributed by atoms with E-state index in [-0.39, 0.29) is 0 Å². The highest BCUT2D eigenvalue weighted by Crippen LogP contribution is 2.23. The minimum Gasteiger partial charge on any atom is -0.494 e. The molecule has 0 aliphatic heterocycles. The van der Waals surface area contributed by atoms with Crippen LogP contribution in [0.25, 0.3) is 0 Å². The van der Waals surface area contributed by atoms with Crippen LogP contribution >= 0.6 is 0 Å². The van der Waals surface area contributed by atoms with Gasteiger partial charge in [0.05, 0.1) is 12.7 Å². The van der Waals surface area contributed by atoms with E-state index in [9.17, 15) is 0 Å². The zero-order valence-electron chi connectivity index (χ0n) is 12.7. The summed E-state index contributed by atoms with van der Waals surface area (Å²) in [5, 5.41) is 3.56. The van der Waals surface area contributed by atoms with Crippen LogP contribution in [0.4, 0.5) is 0 Å². The number of hydrogen-bond acceptors (Lipinski definition) is 3. The highest BCUT2D eigenvalue weighted by atomic mass is 16.5. The van der Waals surface area contributed by atoms with Crippen molar-refractivity contribution in [3.8, 4) is 5.75 Å². The molecule has 1 saturated carbocycles. The van der Waals surface area contributed by atoms with Crippen molar-refractivity contribution >= 4 is 0 Å². The molecular weight excluding hydrogens is 250 g/mol. The van der Waals surface area contributed by atoms with Gasteiger partial charge < -0.3 is 14.8 Å². The highest BCUT2D eigenvalue weighted by molar-refractivity contribution is 5.27. The number of nitrogens with one attached hydrogen (secondary N) is 1. The van der Waals surface area contributed by atoms with Crippen molar-refractivity contribution in [1.82, 2.24) is 5.32 Å². The molecular formula is C17H27NO2. The average molecular weight is 277 g/mol. The molecule has 0 heterocycles. The van der Waals surface area contributed by atoms with Gasteiger partial charge in [-0.15, -0.1) is 0 Å². The van der Waals surface area contributed by atoms with Crippen molar-refractivity contribution in [3.63, 3.8) is 0 Å². The molecule has 0 amide bonds. The molecule has 3 heteroatoms. The fourth-order valence-corrected chi connectivity index (χ4v) is 2.43. The van der Waals surface area contributed by atoms with Gasteiger partial charge in [-0.1, -0.05) is 31.9 Å². The summed E-state index contributed by atoms with van der Waals surface area (Å²) >= 11 is 0. The van der Waals surface area contributed by atoms with E-state index in [1.807, 2.05) is 0 Å². The number of rotatable bonds is 9. The Morgan fingerprint density at radius 1 is 1.15 bits per heavy atom. The molecule has 1 aromatic rings. The Morgan fingerprint density at radius 2 is 1.90 bits per heavy atom. The van der Waals surface area contributed by atoms with Gasteiger partial charge in [-0.3, -0.25) is 0 Å². The first-order chi connectivity index (χ1) is 9.81. The van der Waals surface area contributed by atoms with E-state index >= 15 is 0 Å². The fourth-order valence-electron chi connectivity index (χ4n) is 2.43. The lowest BCUT2D eigenvalue weighted by molar-refractivity contribution is 0.0170. The molecule has 0 aromatic heterocycles. The van der Waals surface area contributed by atoms with Crippen LogP contribution in [-0.2, 0) is 11.3 Å². The summed E-state index contributed by atoms with van der Waals surface area (Å²) in [6.45, 7) is 3.96. The van der Waals surface area contributed by atoms with Crippen LogP contribution < -0.4 is 10.1 Å². The maximum atomic E-state index is 5.71. The summed E-state index contributed by atoms with van der Waals surface area (Å²) < 4.78 is 11.0.